The normalized spacial score (nSPS) is 14.1. The smallest absolute Gasteiger partial charge is 0.410 e. The maximum Gasteiger partial charge on any atom is 0.410 e. The molecule has 2 aromatic heterocycles. The lowest BCUT2D eigenvalue weighted by molar-refractivity contribution is -0.140. The predicted molar refractivity (Wildman–Crippen MR) is 248 cm³/mol. The Bertz CT molecular complexity index is 2030. The molecule has 2 amide bonds. The number of aromatic nitrogens is 4. The molecule has 1 aliphatic heterocycles. The fourth-order valence-electron chi connectivity index (χ4n) is 7.33. The third kappa shape index (κ3) is 17.4. The summed E-state index contributed by atoms with van der Waals surface area (Å²) in [7, 11) is 1.41. The van der Waals surface area contributed by atoms with E-state index in [4.69, 9.17) is 23.7 Å². The Morgan fingerprint density at radius 3 is 2.11 bits per heavy atom. The lowest BCUT2D eigenvalue weighted by Gasteiger charge is -2.41. The maximum atomic E-state index is 13.7. The van der Waals surface area contributed by atoms with Gasteiger partial charge < -0.3 is 48.9 Å². The van der Waals surface area contributed by atoms with Gasteiger partial charge in [0.1, 0.15) is 16.9 Å². The number of piperidine rings is 1. The van der Waals surface area contributed by atoms with Crippen LogP contribution in [0, 0.1) is 0 Å². The topological polar surface area (TPSA) is 188 Å². The molecule has 5 rings (SSSR count). The number of nitrogens with zero attached hydrogens (tertiary/aromatic N) is 4. The summed E-state index contributed by atoms with van der Waals surface area (Å²) in [6.07, 6.45) is 11.3. The molecule has 0 unspecified atom stereocenters. The van der Waals surface area contributed by atoms with Crippen molar-refractivity contribution >= 4 is 23.7 Å². The number of hydrogen-bond acceptors (Lipinski definition) is 13. The number of rotatable bonds is 27. The van der Waals surface area contributed by atoms with Crippen molar-refractivity contribution in [2.24, 2.45) is 0 Å². The van der Waals surface area contributed by atoms with E-state index in [1.54, 1.807) is 23.4 Å². The van der Waals surface area contributed by atoms with Crippen molar-refractivity contribution in [1.29, 1.82) is 0 Å². The molecule has 65 heavy (non-hydrogen) atoms. The quantitative estimate of drug-likeness (QED) is 0.0383. The van der Waals surface area contributed by atoms with Gasteiger partial charge in [-0.3, -0.25) is 14.6 Å². The van der Waals surface area contributed by atoms with E-state index in [-0.39, 0.29) is 24.0 Å². The van der Waals surface area contributed by atoms with Crippen LogP contribution in [0.4, 0.5) is 10.5 Å². The van der Waals surface area contributed by atoms with E-state index in [2.05, 4.69) is 35.5 Å². The van der Waals surface area contributed by atoms with Crippen LogP contribution in [0.5, 0.6) is 5.75 Å². The first-order chi connectivity index (χ1) is 31.4. The lowest BCUT2D eigenvalue weighted by Crippen LogP contribution is -2.50. The largest absolute Gasteiger partial charge is 0.494 e. The molecule has 2 aromatic carbocycles. The van der Waals surface area contributed by atoms with E-state index in [0.717, 1.165) is 67.5 Å². The first kappa shape index (κ1) is 50.4. The van der Waals surface area contributed by atoms with Crippen LogP contribution in [0.15, 0.2) is 73.1 Å². The fourth-order valence-corrected chi connectivity index (χ4v) is 7.33. The van der Waals surface area contributed by atoms with Gasteiger partial charge in [0.2, 0.25) is 0 Å². The van der Waals surface area contributed by atoms with Crippen LogP contribution in [0.1, 0.15) is 120 Å². The van der Waals surface area contributed by atoms with Crippen LogP contribution in [-0.2, 0) is 34.0 Å². The Morgan fingerprint density at radius 2 is 1.43 bits per heavy atom. The summed E-state index contributed by atoms with van der Waals surface area (Å²) in [5, 5.41) is 15.9. The molecule has 16 nitrogen and oxygen atoms in total. The molecular formula is C49H69N7O9. The Kier molecular flexibility index (Phi) is 20.5. The number of ether oxygens (including phenoxy) is 6. The van der Waals surface area contributed by atoms with Gasteiger partial charge in [-0.2, -0.15) is 0 Å². The molecule has 16 heteroatoms. The number of aromatic amines is 1. The number of amides is 2. The van der Waals surface area contributed by atoms with E-state index in [1.165, 1.54) is 7.11 Å². The first-order valence-electron chi connectivity index (χ1n) is 23.0. The van der Waals surface area contributed by atoms with Gasteiger partial charge in [0.05, 0.1) is 46.2 Å². The monoisotopic (exact) mass is 900 g/mol. The van der Waals surface area contributed by atoms with Crippen LogP contribution in [0.2, 0.25) is 0 Å². The number of benzene rings is 2. The number of unbranched alkanes of at least 4 members (excludes halogenated alkanes) is 5. The Balaban J connectivity index is 1.02. The minimum atomic E-state index is -0.710. The van der Waals surface area contributed by atoms with Gasteiger partial charge in [0.15, 0.2) is 11.6 Å². The van der Waals surface area contributed by atoms with Gasteiger partial charge in [-0.25, -0.2) is 4.79 Å². The summed E-state index contributed by atoms with van der Waals surface area (Å²) in [5.74, 6) is 1.64. The number of carbonyl (C=O) groups excluding carboxylic acids is 3. The third-order valence-electron chi connectivity index (χ3n) is 11.0. The molecule has 1 fully saturated rings. The number of likely N-dealkylation sites (tertiary alicyclic amines) is 1. The minimum Gasteiger partial charge on any atom is -0.494 e. The highest BCUT2D eigenvalue weighted by molar-refractivity contribution is 5.95. The van der Waals surface area contributed by atoms with Gasteiger partial charge >= 0.3 is 12.1 Å². The predicted octanol–water partition coefficient (Wildman–Crippen LogP) is 8.42. The molecule has 0 aliphatic carbocycles. The van der Waals surface area contributed by atoms with Gasteiger partial charge in [0, 0.05) is 61.9 Å². The lowest BCUT2D eigenvalue weighted by atomic mass is 9.86. The average Bonchev–Trinajstić information content (AvgIpc) is 3.81. The second kappa shape index (κ2) is 26.4. The summed E-state index contributed by atoms with van der Waals surface area (Å²) < 4.78 is 33.2. The Hall–Kier alpha value is -5.58. The maximum absolute atomic E-state index is 13.7. The van der Waals surface area contributed by atoms with Crippen molar-refractivity contribution < 1.29 is 42.8 Å². The summed E-state index contributed by atoms with van der Waals surface area (Å²) in [4.78, 5) is 47.0. The second-order valence-electron chi connectivity index (χ2n) is 17.3. The first-order valence-corrected chi connectivity index (χ1v) is 23.0. The van der Waals surface area contributed by atoms with E-state index in [9.17, 15) is 14.4 Å². The van der Waals surface area contributed by atoms with Gasteiger partial charge in [-0.05, 0) is 121 Å². The number of methoxy groups -OCH3 is 1. The molecule has 4 aromatic rings. The third-order valence-corrected chi connectivity index (χ3v) is 11.0. The molecule has 3 N–H and O–H groups in total. The zero-order chi connectivity index (χ0) is 46.3. The van der Waals surface area contributed by atoms with Crippen LogP contribution in [-0.4, -0.2) is 115 Å². The van der Waals surface area contributed by atoms with Crippen molar-refractivity contribution in [3.05, 3.63) is 90.0 Å². The standard InChI is InChI=1S/C49H69N7O9/c1-37(39-15-14-18-42(36-39)64-30-12-7-6-10-28-61-31-33-63-34-32-62-29-11-8-9-19-43(57)60-5)51-45(58)40-16-13-17-41(35-40)53-49(22-26-56(27-23-49)47(59)65-48(2,3)4)46-52-44(54-55-46)38-20-24-50-25-21-38/h13-18,20-21,24-25,35-37,53H,6-12,19,22-23,26-34H2,1-5H3,(H,51,58)(H,52,54,55)/t37-/m0/s1. The van der Waals surface area contributed by atoms with Crippen molar-refractivity contribution in [1.82, 2.24) is 30.4 Å². The van der Waals surface area contributed by atoms with Gasteiger partial charge in [-0.15, -0.1) is 10.2 Å². The summed E-state index contributed by atoms with van der Waals surface area (Å²) in [5.41, 5.74) is 1.72. The van der Waals surface area contributed by atoms with E-state index >= 15 is 0 Å². The summed E-state index contributed by atoms with van der Waals surface area (Å²) >= 11 is 0. The minimum absolute atomic E-state index is 0.164. The number of H-pyrrole nitrogens is 1. The highest BCUT2D eigenvalue weighted by Gasteiger charge is 2.41. The highest BCUT2D eigenvalue weighted by atomic mass is 16.6. The molecule has 3 heterocycles. The zero-order valence-corrected chi connectivity index (χ0v) is 38.9. The van der Waals surface area contributed by atoms with Crippen LogP contribution < -0.4 is 15.4 Å². The molecular weight excluding hydrogens is 831 g/mol. The molecule has 1 atom stereocenters. The number of esters is 1. The van der Waals surface area contributed by atoms with Crippen LogP contribution in [0.3, 0.4) is 0 Å². The van der Waals surface area contributed by atoms with Crippen LogP contribution in [0.25, 0.3) is 11.4 Å². The molecule has 0 bridgehead atoms. The molecule has 354 valence electrons. The summed E-state index contributed by atoms with van der Waals surface area (Å²) in [6.45, 7) is 12.6. The van der Waals surface area contributed by atoms with Gasteiger partial charge in [-0.1, -0.05) is 31.0 Å². The number of carbonyl (C=O) groups is 3. The molecule has 0 spiro atoms. The van der Waals surface area contributed by atoms with Crippen molar-refractivity contribution in [3.8, 4) is 17.1 Å². The Morgan fingerprint density at radius 1 is 0.785 bits per heavy atom. The number of nitrogens with one attached hydrogen (secondary N) is 3. The molecule has 1 saturated heterocycles. The average molecular weight is 900 g/mol. The van der Waals surface area contributed by atoms with Gasteiger partial charge in [0.25, 0.3) is 5.91 Å². The molecule has 1 aliphatic rings. The van der Waals surface area contributed by atoms with E-state index < -0.39 is 11.1 Å². The fraction of sp³-hybridized carbons (Fsp3) is 0.551. The number of anilines is 1. The second-order valence-corrected chi connectivity index (χ2v) is 17.3. The van der Waals surface area contributed by atoms with Crippen molar-refractivity contribution in [2.75, 3.05) is 71.8 Å². The van der Waals surface area contributed by atoms with E-state index in [1.807, 2.05) is 82.3 Å². The Labute approximate surface area is 383 Å². The molecule has 0 radical (unpaired) electrons. The number of hydrogen-bond donors (Lipinski definition) is 3. The zero-order valence-electron chi connectivity index (χ0n) is 38.9. The highest BCUT2D eigenvalue weighted by Crippen LogP contribution is 2.36. The molecule has 0 saturated carbocycles. The van der Waals surface area contributed by atoms with Crippen molar-refractivity contribution in [3.63, 3.8) is 0 Å². The van der Waals surface area contributed by atoms with Crippen molar-refractivity contribution in [2.45, 2.75) is 109 Å². The SMILES string of the molecule is COC(=O)CCCCCOCCOCCOCCCCCCOc1cccc([C@H](C)NC(=O)c2cccc(NC3(c4nnc(-c5ccncc5)[nH]4)CCN(C(=O)OC(C)(C)C)CC3)c2)c1. The van der Waals surface area contributed by atoms with E-state index in [0.29, 0.717) is 95.8 Å². The number of pyridine rings is 1. The van der Waals surface area contributed by atoms with Crippen LogP contribution >= 0.6 is 0 Å². The summed E-state index contributed by atoms with van der Waals surface area (Å²) in [6, 6.07) is 18.7.